The molecule has 18 heavy (non-hydrogen) atoms. The van der Waals surface area contributed by atoms with E-state index in [-0.39, 0.29) is 5.91 Å². The van der Waals surface area contributed by atoms with Gasteiger partial charge in [-0.2, -0.15) is 0 Å². The molecule has 1 heterocycles. The van der Waals surface area contributed by atoms with Crippen molar-refractivity contribution >= 4 is 5.91 Å². The Morgan fingerprint density at radius 2 is 2.00 bits per heavy atom. The van der Waals surface area contributed by atoms with Crippen molar-refractivity contribution in [2.75, 3.05) is 39.4 Å². The van der Waals surface area contributed by atoms with Crippen LogP contribution >= 0.6 is 0 Å². The first-order valence-electron chi connectivity index (χ1n) is 7.33. The van der Waals surface area contributed by atoms with Crippen molar-refractivity contribution in [3.8, 4) is 0 Å². The average Bonchev–Trinajstić information content (AvgIpc) is 2.42. The van der Waals surface area contributed by atoms with Crippen molar-refractivity contribution in [1.29, 1.82) is 0 Å². The van der Waals surface area contributed by atoms with Crippen LogP contribution < -0.4 is 5.32 Å². The lowest BCUT2D eigenvalue weighted by molar-refractivity contribution is -0.134. The second-order valence-corrected chi connectivity index (χ2v) is 5.65. The Labute approximate surface area is 110 Å². The molecule has 1 N–H and O–H groups in total. The topological polar surface area (TPSA) is 41.6 Å². The largest absolute Gasteiger partial charge is 0.378 e. The Balaban J connectivity index is 1.63. The van der Waals surface area contributed by atoms with Gasteiger partial charge >= 0.3 is 0 Å². The summed E-state index contributed by atoms with van der Waals surface area (Å²) in [6, 6.07) is 0. The third-order valence-electron chi connectivity index (χ3n) is 4.34. The summed E-state index contributed by atoms with van der Waals surface area (Å²) >= 11 is 0. The van der Waals surface area contributed by atoms with Crippen LogP contribution in [0, 0.1) is 11.8 Å². The number of amides is 1. The minimum absolute atomic E-state index is 0.224. The second-order valence-electron chi connectivity index (χ2n) is 5.65. The van der Waals surface area contributed by atoms with Gasteiger partial charge in [0.2, 0.25) is 5.91 Å². The SMILES string of the molecule is CC1CCCCC1CNCC(=O)N1CCOCC1. The molecular weight excluding hydrogens is 228 g/mol. The maximum atomic E-state index is 11.9. The van der Waals surface area contributed by atoms with E-state index in [2.05, 4.69) is 12.2 Å². The fourth-order valence-corrected chi connectivity index (χ4v) is 2.99. The molecule has 2 unspecified atom stereocenters. The van der Waals surface area contributed by atoms with Crippen LogP contribution in [-0.4, -0.2) is 50.2 Å². The molecule has 0 aromatic carbocycles. The zero-order valence-corrected chi connectivity index (χ0v) is 11.5. The summed E-state index contributed by atoms with van der Waals surface area (Å²) in [6.45, 7) is 6.70. The Morgan fingerprint density at radius 1 is 1.28 bits per heavy atom. The summed E-state index contributed by atoms with van der Waals surface area (Å²) in [5, 5.41) is 3.35. The molecule has 2 aliphatic rings. The van der Waals surface area contributed by atoms with Gasteiger partial charge in [0.15, 0.2) is 0 Å². The van der Waals surface area contributed by atoms with E-state index in [1.807, 2.05) is 4.90 Å². The fraction of sp³-hybridized carbons (Fsp3) is 0.929. The van der Waals surface area contributed by atoms with Crippen LogP contribution in [0.5, 0.6) is 0 Å². The van der Waals surface area contributed by atoms with Gasteiger partial charge in [-0.15, -0.1) is 0 Å². The number of morpholine rings is 1. The lowest BCUT2D eigenvalue weighted by Crippen LogP contribution is -2.45. The fourth-order valence-electron chi connectivity index (χ4n) is 2.99. The van der Waals surface area contributed by atoms with Crippen LogP contribution in [0.2, 0.25) is 0 Å². The molecule has 1 aliphatic heterocycles. The van der Waals surface area contributed by atoms with Crippen LogP contribution in [0.1, 0.15) is 32.6 Å². The van der Waals surface area contributed by atoms with E-state index in [4.69, 9.17) is 4.74 Å². The Morgan fingerprint density at radius 3 is 2.72 bits per heavy atom. The number of nitrogens with zero attached hydrogens (tertiary/aromatic N) is 1. The zero-order chi connectivity index (χ0) is 12.8. The van der Waals surface area contributed by atoms with Gasteiger partial charge in [0.05, 0.1) is 19.8 Å². The highest BCUT2D eigenvalue weighted by atomic mass is 16.5. The first-order valence-corrected chi connectivity index (χ1v) is 7.33. The number of carbonyl (C=O) groups excluding carboxylic acids is 1. The second kappa shape index (κ2) is 7.10. The number of carbonyl (C=O) groups is 1. The van der Waals surface area contributed by atoms with E-state index in [9.17, 15) is 4.79 Å². The molecule has 0 aromatic rings. The third kappa shape index (κ3) is 3.95. The smallest absolute Gasteiger partial charge is 0.236 e. The number of hydrogen-bond acceptors (Lipinski definition) is 3. The summed E-state index contributed by atoms with van der Waals surface area (Å²) in [4.78, 5) is 13.8. The van der Waals surface area contributed by atoms with E-state index in [1.54, 1.807) is 0 Å². The quantitative estimate of drug-likeness (QED) is 0.821. The van der Waals surface area contributed by atoms with Crippen molar-refractivity contribution < 1.29 is 9.53 Å². The lowest BCUT2D eigenvalue weighted by Gasteiger charge is -2.30. The van der Waals surface area contributed by atoms with Crippen molar-refractivity contribution in [3.05, 3.63) is 0 Å². The minimum atomic E-state index is 0.224. The molecule has 4 nitrogen and oxygen atoms in total. The summed E-state index contributed by atoms with van der Waals surface area (Å²) in [5.74, 6) is 1.79. The maximum Gasteiger partial charge on any atom is 0.236 e. The van der Waals surface area contributed by atoms with E-state index < -0.39 is 0 Å². The molecule has 0 spiro atoms. The predicted molar refractivity (Wildman–Crippen MR) is 71.4 cm³/mol. The van der Waals surface area contributed by atoms with Crippen molar-refractivity contribution in [1.82, 2.24) is 10.2 Å². The number of rotatable bonds is 4. The van der Waals surface area contributed by atoms with Gasteiger partial charge in [-0.1, -0.05) is 26.2 Å². The molecule has 1 amide bonds. The highest BCUT2D eigenvalue weighted by Gasteiger charge is 2.21. The minimum Gasteiger partial charge on any atom is -0.378 e. The van der Waals surface area contributed by atoms with E-state index in [0.29, 0.717) is 19.8 Å². The third-order valence-corrected chi connectivity index (χ3v) is 4.34. The molecule has 0 bridgehead atoms. The Hall–Kier alpha value is -0.610. The van der Waals surface area contributed by atoms with Crippen molar-refractivity contribution in [2.45, 2.75) is 32.6 Å². The molecule has 4 heteroatoms. The highest BCUT2D eigenvalue weighted by Crippen LogP contribution is 2.28. The first kappa shape index (κ1) is 13.8. The van der Waals surface area contributed by atoms with Gasteiger partial charge in [0.1, 0.15) is 0 Å². The van der Waals surface area contributed by atoms with Crippen LogP contribution in [0.25, 0.3) is 0 Å². The maximum absolute atomic E-state index is 11.9. The summed E-state index contributed by atoms with van der Waals surface area (Å²) < 4.78 is 5.25. The predicted octanol–water partition coefficient (Wildman–Crippen LogP) is 1.26. The van der Waals surface area contributed by atoms with E-state index in [1.165, 1.54) is 25.7 Å². The molecule has 2 fully saturated rings. The van der Waals surface area contributed by atoms with Crippen LogP contribution in [0.4, 0.5) is 0 Å². The molecule has 104 valence electrons. The van der Waals surface area contributed by atoms with Crippen molar-refractivity contribution in [3.63, 3.8) is 0 Å². The first-order chi connectivity index (χ1) is 8.77. The van der Waals surface area contributed by atoms with Crippen LogP contribution in [0.15, 0.2) is 0 Å². The van der Waals surface area contributed by atoms with E-state index >= 15 is 0 Å². The normalized spacial score (nSPS) is 29.3. The van der Waals surface area contributed by atoms with Gasteiger partial charge in [0, 0.05) is 13.1 Å². The van der Waals surface area contributed by atoms with Gasteiger partial charge in [-0.25, -0.2) is 0 Å². The Bertz CT molecular complexity index is 265. The monoisotopic (exact) mass is 254 g/mol. The summed E-state index contributed by atoms with van der Waals surface area (Å²) in [5.41, 5.74) is 0. The van der Waals surface area contributed by atoms with Gasteiger partial charge in [0.25, 0.3) is 0 Å². The zero-order valence-electron chi connectivity index (χ0n) is 11.5. The van der Waals surface area contributed by atoms with Gasteiger partial charge < -0.3 is 15.0 Å². The molecule has 2 rings (SSSR count). The molecule has 2 atom stereocenters. The molecule has 1 saturated heterocycles. The molecule has 1 aliphatic carbocycles. The number of ether oxygens (including phenoxy) is 1. The highest BCUT2D eigenvalue weighted by molar-refractivity contribution is 5.78. The summed E-state index contributed by atoms with van der Waals surface area (Å²) in [7, 11) is 0. The molecule has 0 radical (unpaired) electrons. The average molecular weight is 254 g/mol. The molecule has 0 aromatic heterocycles. The van der Waals surface area contributed by atoms with Gasteiger partial charge in [-0.3, -0.25) is 4.79 Å². The molecule has 1 saturated carbocycles. The summed E-state index contributed by atoms with van der Waals surface area (Å²) in [6.07, 6.45) is 5.40. The van der Waals surface area contributed by atoms with Crippen molar-refractivity contribution in [2.24, 2.45) is 11.8 Å². The molecular formula is C14H26N2O2. The van der Waals surface area contributed by atoms with Crippen LogP contribution in [-0.2, 0) is 9.53 Å². The lowest BCUT2D eigenvalue weighted by atomic mass is 9.80. The number of hydrogen-bond donors (Lipinski definition) is 1. The van der Waals surface area contributed by atoms with Gasteiger partial charge in [-0.05, 0) is 24.8 Å². The number of nitrogens with one attached hydrogen (secondary N) is 1. The standard InChI is InChI=1S/C14H26N2O2/c1-12-4-2-3-5-13(12)10-15-11-14(17)16-6-8-18-9-7-16/h12-13,15H,2-11H2,1H3. The Kier molecular flexibility index (Phi) is 5.45. The van der Waals surface area contributed by atoms with Crippen LogP contribution in [0.3, 0.4) is 0 Å². The van der Waals surface area contributed by atoms with E-state index in [0.717, 1.165) is 31.5 Å².